The maximum atomic E-state index is 11.5. The largest absolute Gasteiger partial charge is 0.467 e. The lowest BCUT2D eigenvalue weighted by molar-refractivity contribution is -0.155. The number of rotatable bonds is 10. The molecule has 0 bridgehead atoms. The smallest absolute Gasteiger partial charge is 0.341 e. The molecule has 0 aliphatic carbocycles. The second kappa shape index (κ2) is 10.2. The topological polar surface area (TPSA) is 76.0 Å². The van der Waals surface area contributed by atoms with E-state index >= 15 is 0 Å². The molecule has 0 saturated carbocycles. The highest BCUT2D eigenvalue weighted by Gasteiger charge is 2.39. The van der Waals surface area contributed by atoms with E-state index in [9.17, 15) is 15.0 Å². The monoisotopic (exact) mass is 402 g/mol. The first kappa shape index (κ1) is 26.3. The highest BCUT2D eigenvalue weighted by atomic mass is 28.4. The number of allylic oxidation sites excluding steroid dienone is 1. The van der Waals surface area contributed by atoms with Gasteiger partial charge in [0.15, 0.2) is 13.9 Å². The third-order valence-corrected chi connectivity index (χ3v) is 10.5. The summed E-state index contributed by atoms with van der Waals surface area (Å²) in [5.41, 5.74) is -1.64. The van der Waals surface area contributed by atoms with Crippen LogP contribution in [0.3, 0.4) is 0 Å². The second-order valence-electron chi connectivity index (χ2n) is 9.62. The van der Waals surface area contributed by atoms with E-state index in [1.807, 2.05) is 6.92 Å². The van der Waals surface area contributed by atoms with Crippen LogP contribution >= 0.6 is 0 Å². The Kier molecular flexibility index (Phi) is 9.93. The van der Waals surface area contributed by atoms with Gasteiger partial charge in [0.1, 0.15) is 0 Å². The number of aliphatic hydroxyl groups excluding tert-OH is 1. The van der Waals surface area contributed by atoms with Crippen molar-refractivity contribution in [3.05, 3.63) is 12.2 Å². The van der Waals surface area contributed by atoms with E-state index in [4.69, 9.17) is 4.43 Å². The summed E-state index contributed by atoms with van der Waals surface area (Å²) in [5.74, 6) is -0.451. The molecule has 0 fully saturated rings. The number of esters is 1. The molecule has 0 saturated heterocycles. The number of methoxy groups -OCH3 is 1. The fourth-order valence-corrected chi connectivity index (χ4v) is 4.02. The van der Waals surface area contributed by atoms with E-state index in [0.717, 1.165) is 0 Å². The Morgan fingerprint density at radius 2 is 1.63 bits per heavy atom. The van der Waals surface area contributed by atoms with Crippen molar-refractivity contribution < 1.29 is 24.2 Å². The van der Waals surface area contributed by atoms with Gasteiger partial charge in [0.25, 0.3) is 0 Å². The van der Waals surface area contributed by atoms with Gasteiger partial charge in [-0.1, -0.05) is 40.7 Å². The number of carbonyl (C=O) groups excluding carboxylic acids is 1. The lowest BCUT2D eigenvalue weighted by atomic mass is 9.90. The molecule has 0 rings (SSSR count). The summed E-state index contributed by atoms with van der Waals surface area (Å²) < 4.78 is 11.0. The zero-order chi connectivity index (χ0) is 21.6. The van der Waals surface area contributed by atoms with Gasteiger partial charge in [-0.25, -0.2) is 4.79 Å². The van der Waals surface area contributed by atoms with Crippen LogP contribution in [-0.2, 0) is 14.0 Å². The molecule has 0 aromatic carbocycles. The average Bonchev–Trinajstić information content (AvgIpc) is 2.51. The lowest BCUT2D eigenvalue weighted by Gasteiger charge is -2.40. The van der Waals surface area contributed by atoms with Crippen molar-refractivity contribution in [3.63, 3.8) is 0 Å². The van der Waals surface area contributed by atoms with E-state index < -0.39 is 26.0 Å². The van der Waals surface area contributed by atoms with Crippen LogP contribution in [0.25, 0.3) is 0 Å². The summed E-state index contributed by atoms with van der Waals surface area (Å²) in [6.07, 6.45) is 3.98. The van der Waals surface area contributed by atoms with E-state index in [2.05, 4.69) is 52.4 Å². The molecule has 27 heavy (non-hydrogen) atoms. The van der Waals surface area contributed by atoms with Gasteiger partial charge in [-0.3, -0.25) is 0 Å². The summed E-state index contributed by atoms with van der Waals surface area (Å²) in [7, 11) is -0.588. The van der Waals surface area contributed by atoms with Crippen molar-refractivity contribution in [2.45, 2.75) is 97.2 Å². The van der Waals surface area contributed by atoms with Crippen molar-refractivity contribution >= 4 is 14.3 Å². The minimum absolute atomic E-state index is 0.0113. The molecule has 2 N–H and O–H groups in total. The quantitative estimate of drug-likeness (QED) is 0.324. The predicted molar refractivity (Wildman–Crippen MR) is 113 cm³/mol. The molecule has 0 aliphatic rings. The predicted octanol–water partition coefficient (Wildman–Crippen LogP) is 4.29. The van der Waals surface area contributed by atoms with Crippen molar-refractivity contribution in [2.75, 3.05) is 7.11 Å². The summed E-state index contributed by atoms with van der Waals surface area (Å²) in [5, 5.41) is 20.7. The van der Waals surface area contributed by atoms with Gasteiger partial charge >= 0.3 is 5.97 Å². The van der Waals surface area contributed by atoms with Crippen LogP contribution in [0.2, 0.25) is 18.1 Å². The molecule has 0 spiro atoms. The van der Waals surface area contributed by atoms with Crippen LogP contribution < -0.4 is 0 Å². The Balaban J connectivity index is 4.66. The van der Waals surface area contributed by atoms with E-state index in [1.54, 1.807) is 6.08 Å². The Hall–Kier alpha value is -0.693. The first-order valence-corrected chi connectivity index (χ1v) is 12.8. The number of hydrogen-bond donors (Lipinski definition) is 2. The third kappa shape index (κ3) is 8.46. The molecule has 0 unspecified atom stereocenters. The normalized spacial score (nSPS) is 20.0. The number of aliphatic hydroxyl groups is 2. The fourth-order valence-electron chi connectivity index (χ4n) is 2.51. The van der Waals surface area contributed by atoms with Crippen molar-refractivity contribution in [2.24, 2.45) is 11.8 Å². The number of hydrogen-bond acceptors (Lipinski definition) is 5. The standard InChI is InChI=1S/C21H42O5Si/c1-15(12-11-13-21(7,24)19(23)25-8)18(22)14-16(2)17(3)26-27(9,10)20(4,5)6/h11,13,15-18,22,24H,12,14H2,1-10H3/b13-11+/t15-,16-,17-,18+,21+/m0/s1. The highest BCUT2D eigenvalue weighted by molar-refractivity contribution is 6.74. The third-order valence-electron chi connectivity index (χ3n) is 5.91. The zero-order valence-corrected chi connectivity index (χ0v) is 20.0. The maximum absolute atomic E-state index is 11.5. The lowest BCUT2D eigenvalue weighted by Crippen LogP contribution is -2.45. The highest BCUT2D eigenvalue weighted by Crippen LogP contribution is 2.38. The Bertz CT molecular complexity index is 493. The molecule has 160 valence electrons. The SMILES string of the molecule is COC(=O)[C@](C)(O)/C=C/C[C@H](C)[C@H](O)C[C@H](C)[C@H](C)O[Si](C)(C)C(C)(C)C. The molecule has 5 nitrogen and oxygen atoms in total. The van der Waals surface area contributed by atoms with Gasteiger partial charge in [0.2, 0.25) is 0 Å². The summed E-state index contributed by atoms with van der Waals surface area (Å²) >= 11 is 0. The van der Waals surface area contributed by atoms with Crippen LogP contribution in [0.1, 0.15) is 61.3 Å². The first-order chi connectivity index (χ1) is 12.0. The molecular formula is C21H42O5Si. The molecule has 5 atom stereocenters. The van der Waals surface area contributed by atoms with Gasteiger partial charge in [-0.05, 0) is 62.7 Å². The molecule has 0 amide bonds. The molecule has 6 heteroatoms. The minimum Gasteiger partial charge on any atom is -0.467 e. The Morgan fingerprint density at radius 3 is 2.07 bits per heavy atom. The van der Waals surface area contributed by atoms with Crippen molar-refractivity contribution in [3.8, 4) is 0 Å². The molecule has 0 radical (unpaired) electrons. The van der Waals surface area contributed by atoms with Crippen LogP contribution in [0.4, 0.5) is 0 Å². The summed E-state index contributed by atoms with van der Waals surface area (Å²) in [4.78, 5) is 11.5. The molecule has 0 aromatic rings. The molecule has 0 aromatic heterocycles. The van der Waals surface area contributed by atoms with Crippen LogP contribution in [0, 0.1) is 11.8 Å². The van der Waals surface area contributed by atoms with Gasteiger partial charge in [0, 0.05) is 6.10 Å². The van der Waals surface area contributed by atoms with Gasteiger partial charge < -0.3 is 19.4 Å². The fraction of sp³-hybridized carbons (Fsp3) is 0.857. The number of carbonyl (C=O) groups is 1. The van der Waals surface area contributed by atoms with Gasteiger partial charge in [0.05, 0.1) is 13.2 Å². The summed E-state index contributed by atoms with van der Waals surface area (Å²) in [6, 6.07) is 0. The van der Waals surface area contributed by atoms with E-state index in [1.165, 1.54) is 20.1 Å². The Labute approximate surface area is 167 Å². The first-order valence-electron chi connectivity index (χ1n) is 9.89. The molecule has 0 heterocycles. The molecule has 0 aliphatic heterocycles. The van der Waals surface area contributed by atoms with Crippen molar-refractivity contribution in [1.29, 1.82) is 0 Å². The Morgan fingerprint density at radius 1 is 1.11 bits per heavy atom. The minimum atomic E-state index is -1.83. The second-order valence-corrected chi connectivity index (χ2v) is 14.4. The number of ether oxygens (including phenoxy) is 1. The van der Waals surface area contributed by atoms with E-state index in [0.29, 0.717) is 12.8 Å². The van der Waals surface area contributed by atoms with Gasteiger partial charge in [-0.15, -0.1) is 0 Å². The maximum Gasteiger partial charge on any atom is 0.341 e. The van der Waals surface area contributed by atoms with Gasteiger partial charge in [-0.2, -0.15) is 0 Å². The van der Waals surface area contributed by atoms with Crippen LogP contribution in [-0.4, -0.2) is 49.4 Å². The zero-order valence-electron chi connectivity index (χ0n) is 19.0. The van der Waals surface area contributed by atoms with Crippen LogP contribution in [0.15, 0.2) is 12.2 Å². The van der Waals surface area contributed by atoms with Crippen LogP contribution in [0.5, 0.6) is 0 Å². The summed E-state index contributed by atoms with van der Waals surface area (Å²) in [6.45, 7) is 18.7. The van der Waals surface area contributed by atoms with Crippen molar-refractivity contribution in [1.82, 2.24) is 0 Å². The van der Waals surface area contributed by atoms with E-state index in [-0.39, 0.29) is 23.0 Å². The average molecular weight is 403 g/mol. The molecular weight excluding hydrogens is 360 g/mol.